The van der Waals surface area contributed by atoms with Crippen molar-refractivity contribution in [2.24, 2.45) is 5.92 Å². The van der Waals surface area contributed by atoms with Crippen molar-refractivity contribution in [3.05, 3.63) is 35.9 Å². The number of benzene rings is 1. The van der Waals surface area contributed by atoms with E-state index in [-0.39, 0.29) is 5.91 Å². The van der Waals surface area contributed by atoms with Gasteiger partial charge in [-0.3, -0.25) is 4.79 Å². The monoisotopic (exact) mass is 260 g/mol. The average molecular weight is 260 g/mol. The molecule has 104 valence electrons. The summed E-state index contributed by atoms with van der Waals surface area (Å²) in [6.07, 6.45) is 1.04. The second-order valence-corrected chi connectivity index (χ2v) is 5.64. The van der Waals surface area contributed by atoms with Crippen LogP contribution >= 0.6 is 0 Å². The number of carbonyl (C=O) groups excluding carboxylic acids is 1. The lowest BCUT2D eigenvalue weighted by Gasteiger charge is -2.38. The van der Waals surface area contributed by atoms with E-state index >= 15 is 0 Å². The molecule has 3 unspecified atom stereocenters. The number of nitrogens with zero attached hydrogens (tertiary/aromatic N) is 1. The lowest BCUT2D eigenvalue weighted by molar-refractivity contribution is -0.130. The van der Waals surface area contributed by atoms with E-state index < -0.39 is 0 Å². The molecular weight excluding hydrogens is 236 g/mol. The van der Waals surface area contributed by atoms with E-state index in [0.717, 1.165) is 19.5 Å². The molecule has 0 aliphatic carbocycles. The molecule has 0 radical (unpaired) electrons. The molecule has 19 heavy (non-hydrogen) atoms. The fourth-order valence-corrected chi connectivity index (χ4v) is 2.84. The summed E-state index contributed by atoms with van der Waals surface area (Å²) in [5.74, 6) is 0.699. The van der Waals surface area contributed by atoms with Gasteiger partial charge in [-0.15, -0.1) is 0 Å². The highest BCUT2D eigenvalue weighted by Gasteiger charge is 2.28. The molecule has 1 aliphatic heterocycles. The Balaban J connectivity index is 1.92. The first kappa shape index (κ1) is 14.1. The van der Waals surface area contributed by atoms with Gasteiger partial charge >= 0.3 is 0 Å². The van der Waals surface area contributed by atoms with Crippen molar-refractivity contribution in [3.8, 4) is 0 Å². The molecule has 3 atom stereocenters. The van der Waals surface area contributed by atoms with E-state index in [1.165, 1.54) is 5.56 Å². The van der Waals surface area contributed by atoms with E-state index in [1.807, 2.05) is 11.0 Å². The molecule has 1 aromatic carbocycles. The van der Waals surface area contributed by atoms with Gasteiger partial charge in [0.05, 0.1) is 0 Å². The summed E-state index contributed by atoms with van der Waals surface area (Å²) in [7, 11) is 0. The van der Waals surface area contributed by atoms with Gasteiger partial charge in [-0.2, -0.15) is 0 Å². The average Bonchev–Trinajstić information content (AvgIpc) is 2.41. The number of amides is 1. The molecular formula is C16H24N2O. The normalized spacial score (nSPS) is 25.1. The summed E-state index contributed by atoms with van der Waals surface area (Å²) in [6, 6.07) is 11.4. The van der Waals surface area contributed by atoms with E-state index in [1.54, 1.807) is 6.92 Å². The number of rotatable bonds is 3. The quantitative estimate of drug-likeness (QED) is 0.906. The van der Waals surface area contributed by atoms with Gasteiger partial charge in [0, 0.05) is 32.1 Å². The number of hydrogen-bond donors (Lipinski definition) is 1. The van der Waals surface area contributed by atoms with Crippen molar-refractivity contribution in [2.75, 3.05) is 13.1 Å². The lowest BCUT2D eigenvalue weighted by atomic mass is 9.92. The third-order valence-corrected chi connectivity index (χ3v) is 4.11. The maximum atomic E-state index is 11.4. The maximum absolute atomic E-state index is 11.4. The summed E-state index contributed by atoms with van der Waals surface area (Å²) >= 11 is 0. The molecule has 2 rings (SSSR count). The molecule has 0 aromatic heterocycles. The highest BCUT2D eigenvalue weighted by Crippen LogP contribution is 2.21. The highest BCUT2D eigenvalue weighted by atomic mass is 16.2. The number of piperidine rings is 1. The predicted octanol–water partition coefficient (Wildman–Crippen LogP) is 2.59. The number of carbonyl (C=O) groups is 1. The van der Waals surface area contributed by atoms with Gasteiger partial charge in [0.25, 0.3) is 0 Å². The van der Waals surface area contributed by atoms with Gasteiger partial charge < -0.3 is 10.2 Å². The van der Waals surface area contributed by atoms with Crippen LogP contribution in [0.2, 0.25) is 0 Å². The first-order valence-electron chi connectivity index (χ1n) is 7.14. The van der Waals surface area contributed by atoms with Gasteiger partial charge in [0.2, 0.25) is 5.91 Å². The first-order valence-corrected chi connectivity index (χ1v) is 7.14. The molecule has 3 heteroatoms. The topological polar surface area (TPSA) is 32.3 Å². The van der Waals surface area contributed by atoms with Gasteiger partial charge in [-0.05, 0) is 24.8 Å². The van der Waals surface area contributed by atoms with Crippen LogP contribution in [0.1, 0.15) is 38.8 Å². The van der Waals surface area contributed by atoms with Crippen molar-refractivity contribution in [1.82, 2.24) is 10.2 Å². The minimum Gasteiger partial charge on any atom is -0.343 e. The lowest BCUT2D eigenvalue weighted by Crippen LogP contribution is -2.50. The largest absolute Gasteiger partial charge is 0.343 e. The van der Waals surface area contributed by atoms with Gasteiger partial charge in [-0.1, -0.05) is 37.3 Å². The van der Waals surface area contributed by atoms with Crippen LogP contribution in [-0.4, -0.2) is 29.9 Å². The van der Waals surface area contributed by atoms with E-state index in [4.69, 9.17) is 0 Å². The Morgan fingerprint density at radius 1 is 1.37 bits per heavy atom. The Bertz CT molecular complexity index is 418. The van der Waals surface area contributed by atoms with Crippen molar-refractivity contribution in [1.29, 1.82) is 0 Å². The SMILES string of the molecule is CC(=O)N1CCC(NC(C)c2ccccc2)C(C)C1. The number of likely N-dealkylation sites (tertiary alicyclic amines) is 1. The highest BCUT2D eigenvalue weighted by molar-refractivity contribution is 5.73. The Morgan fingerprint density at radius 3 is 2.63 bits per heavy atom. The van der Waals surface area contributed by atoms with Crippen LogP contribution < -0.4 is 5.32 Å². The van der Waals surface area contributed by atoms with Gasteiger partial charge in [0.15, 0.2) is 0 Å². The predicted molar refractivity (Wildman–Crippen MR) is 77.8 cm³/mol. The summed E-state index contributed by atoms with van der Waals surface area (Å²) in [5.41, 5.74) is 1.32. The van der Waals surface area contributed by atoms with Crippen LogP contribution in [0.4, 0.5) is 0 Å². The minimum atomic E-state index is 0.196. The molecule has 1 amide bonds. The fraction of sp³-hybridized carbons (Fsp3) is 0.562. The van der Waals surface area contributed by atoms with Gasteiger partial charge in [0.1, 0.15) is 0 Å². The third kappa shape index (κ3) is 3.57. The van der Waals surface area contributed by atoms with E-state index in [0.29, 0.717) is 18.0 Å². The third-order valence-electron chi connectivity index (χ3n) is 4.11. The van der Waals surface area contributed by atoms with Crippen molar-refractivity contribution in [3.63, 3.8) is 0 Å². The molecule has 1 fully saturated rings. The van der Waals surface area contributed by atoms with Crippen LogP contribution in [0.25, 0.3) is 0 Å². The fourth-order valence-electron chi connectivity index (χ4n) is 2.84. The zero-order valence-corrected chi connectivity index (χ0v) is 12.1. The van der Waals surface area contributed by atoms with Crippen molar-refractivity contribution in [2.45, 2.75) is 39.3 Å². The van der Waals surface area contributed by atoms with Crippen LogP contribution in [0, 0.1) is 5.92 Å². The molecule has 1 heterocycles. The molecule has 1 aromatic rings. The summed E-state index contributed by atoms with van der Waals surface area (Å²) in [5, 5.41) is 3.71. The zero-order chi connectivity index (χ0) is 13.8. The van der Waals surface area contributed by atoms with Crippen LogP contribution in [0.15, 0.2) is 30.3 Å². The molecule has 0 saturated carbocycles. The minimum absolute atomic E-state index is 0.196. The molecule has 1 N–H and O–H groups in total. The van der Waals surface area contributed by atoms with Crippen LogP contribution in [0.3, 0.4) is 0 Å². The molecule has 0 bridgehead atoms. The van der Waals surface area contributed by atoms with Gasteiger partial charge in [-0.25, -0.2) is 0 Å². The Kier molecular flexibility index (Phi) is 4.59. The van der Waals surface area contributed by atoms with E-state index in [2.05, 4.69) is 43.4 Å². The standard InChI is InChI=1S/C16H24N2O/c1-12-11-18(14(3)19)10-9-16(12)17-13(2)15-7-5-4-6-8-15/h4-8,12-13,16-17H,9-11H2,1-3H3. The Morgan fingerprint density at radius 2 is 2.05 bits per heavy atom. The summed E-state index contributed by atoms with van der Waals surface area (Å²) in [4.78, 5) is 13.4. The second kappa shape index (κ2) is 6.20. The number of hydrogen-bond acceptors (Lipinski definition) is 2. The zero-order valence-electron chi connectivity index (χ0n) is 12.1. The summed E-state index contributed by atoms with van der Waals surface area (Å²) < 4.78 is 0. The molecule has 1 saturated heterocycles. The summed E-state index contributed by atoms with van der Waals surface area (Å²) in [6.45, 7) is 7.84. The molecule has 0 spiro atoms. The van der Waals surface area contributed by atoms with E-state index in [9.17, 15) is 4.79 Å². The van der Waals surface area contributed by atoms with Crippen molar-refractivity contribution >= 4 is 5.91 Å². The first-order chi connectivity index (χ1) is 9.08. The smallest absolute Gasteiger partial charge is 0.219 e. The Labute approximate surface area is 116 Å². The number of nitrogens with one attached hydrogen (secondary N) is 1. The van der Waals surface area contributed by atoms with Crippen molar-refractivity contribution < 1.29 is 4.79 Å². The van der Waals surface area contributed by atoms with Crippen LogP contribution in [-0.2, 0) is 4.79 Å². The maximum Gasteiger partial charge on any atom is 0.219 e. The molecule has 3 nitrogen and oxygen atoms in total. The van der Waals surface area contributed by atoms with Crippen LogP contribution in [0.5, 0.6) is 0 Å². The second-order valence-electron chi connectivity index (χ2n) is 5.64. The molecule has 1 aliphatic rings. The Hall–Kier alpha value is -1.35.